The molecule has 1 unspecified atom stereocenters. The summed E-state index contributed by atoms with van der Waals surface area (Å²) < 4.78 is 16.7. The number of aromatic hydroxyl groups is 1. The summed E-state index contributed by atoms with van der Waals surface area (Å²) in [7, 11) is 1.45. The maximum Gasteiger partial charge on any atom is 0.259 e. The van der Waals surface area contributed by atoms with E-state index >= 15 is 0 Å². The van der Waals surface area contributed by atoms with Crippen LogP contribution in [0.3, 0.4) is 0 Å². The van der Waals surface area contributed by atoms with E-state index in [1.807, 2.05) is 31.2 Å². The molecule has 38 heavy (non-hydrogen) atoms. The number of benzene rings is 3. The molecule has 2 N–H and O–H groups in total. The molecule has 1 fully saturated rings. The van der Waals surface area contributed by atoms with Crippen molar-refractivity contribution in [3.8, 4) is 23.0 Å². The lowest BCUT2D eigenvalue weighted by atomic mass is 10.00. The van der Waals surface area contributed by atoms with Crippen LogP contribution < -0.4 is 24.4 Å². The molecule has 8 heteroatoms. The molecule has 0 spiro atoms. The van der Waals surface area contributed by atoms with Gasteiger partial charge in [0.15, 0.2) is 23.0 Å². The molecule has 1 heterocycles. The first kappa shape index (κ1) is 25.4. The second kappa shape index (κ2) is 11.0. The van der Waals surface area contributed by atoms with Crippen LogP contribution in [-0.4, -0.2) is 43.3 Å². The Bertz CT molecular complexity index is 1320. The van der Waals surface area contributed by atoms with E-state index in [1.165, 1.54) is 18.1 Å². The molecule has 1 aliphatic carbocycles. The topological polar surface area (TPSA) is 97.3 Å². The summed E-state index contributed by atoms with van der Waals surface area (Å²) in [5, 5.41) is 13.4. The minimum absolute atomic E-state index is 0.0493. The highest BCUT2D eigenvalue weighted by Crippen LogP contribution is 2.37. The Hall–Kier alpha value is -4.20. The summed E-state index contributed by atoms with van der Waals surface area (Å²) in [4.78, 5) is 29.7. The number of nitrogens with one attached hydrogen (secondary N) is 1. The summed E-state index contributed by atoms with van der Waals surface area (Å²) >= 11 is 0. The first-order valence-corrected chi connectivity index (χ1v) is 12.9. The largest absolute Gasteiger partial charge is 0.504 e. The van der Waals surface area contributed by atoms with Crippen LogP contribution in [0.15, 0.2) is 60.7 Å². The lowest BCUT2D eigenvalue weighted by Gasteiger charge is -2.33. The molecule has 3 aromatic carbocycles. The third-order valence-electron chi connectivity index (χ3n) is 7.05. The average Bonchev–Trinajstić information content (AvgIpc) is 3.45. The van der Waals surface area contributed by atoms with E-state index in [1.54, 1.807) is 30.3 Å². The first-order valence-electron chi connectivity index (χ1n) is 12.9. The Morgan fingerprint density at radius 1 is 0.974 bits per heavy atom. The lowest BCUT2D eigenvalue weighted by molar-refractivity contribution is -0.123. The predicted molar refractivity (Wildman–Crippen MR) is 143 cm³/mol. The van der Waals surface area contributed by atoms with Gasteiger partial charge in [0, 0.05) is 17.3 Å². The van der Waals surface area contributed by atoms with Crippen molar-refractivity contribution in [3.05, 3.63) is 77.4 Å². The van der Waals surface area contributed by atoms with Crippen molar-refractivity contribution in [3.63, 3.8) is 0 Å². The van der Waals surface area contributed by atoms with Gasteiger partial charge in [-0.25, -0.2) is 0 Å². The standard InChI is InChI=1S/C30H32N2O6/c1-19-7-11-23(12-8-19)32(30(35)21-10-14-25-27(18-21)38-16-15-37-25)28(29(34)31-22-5-3-4-6-22)20-9-13-24(33)26(17-20)36-2/h7-14,17-18,22,28,33H,3-6,15-16H2,1-2H3,(H,31,34). The summed E-state index contributed by atoms with van der Waals surface area (Å²) in [6.45, 7) is 2.81. The fourth-order valence-electron chi connectivity index (χ4n) is 5.04. The molecular weight excluding hydrogens is 484 g/mol. The number of carbonyl (C=O) groups excluding carboxylic acids is 2. The summed E-state index contributed by atoms with van der Waals surface area (Å²) in [6, 6.07) is 16.3. The quantitative estimate of drug-likeness (QED) is 0.462. The predicted octanol–water partition coefficient (Wildman–Crippen LogP) is 4.93. The molecule has 0 saturated heterocycles. The fraction of sp³-hybridized carbons (Fsp3) is 0.333. The fourth-order valence-corrected chi connectivity index (χ4v) is 5.04. The van der Waals surface area contributed by atoms with Crippen molar-refractivity contribution in [1.29, 1.82) is 0 Å². The van der Waals surface area contributed by atoms with E-state index in [-0.39, 0.29) is 29.4 Å². The van der Waals surface area contributed by atoms with E-state index in [9.17, 15) is 14.7 Å². The highest BCUT2D eigenvalue weighted by molar-refractivity contribution is 6.10. The zero-order chi connectivity index (χ0) is 26.6. The van der Waals surface area contributed by atoms with Crippen LogP contribution in [0.1, 0.15) is 53.2 Å². The number of amides is 2. The van der Waals surface area contributed by atoms with Crippen LogP contribution in [0.25, 0.3) is 0 Å². The zero-order valence-corrected chi connectivity index (χ0v) is 21.6. The monoisotopic (exact) mass is 516 g/mol. The number of phenols is 1. The molecule has 1 atom stereocenters. The van der Waals surface area contributed by atoms with Gasteiger partial charge in [-0.2, -0.15) is 0 Å². The number of rotatable bonds is 7. The Kier molecular flexibility index (Phi) is 7.40. The summed E-state index contributed by atoms with van der Waals surface area (Å²) in [6.07, 6.45) is 3.91. The average molecular weight is 517 g/mol. The van der Waals surface area contributed by atoms with E-state index in [0.717, 1.165) is 31.2 Å². The summed E-state index contributed by atoms with van der Waals surface area (Å²) in [5.41, 5.74) is 2.47. The molecule has 0 aromatic heterocycles. The second-order valence-electron chi connectivity index (χ2n) is 9.69. The van der Waals surface area contributed by atoms with Gasteiger partial charge in [0.25, 0.3) is 5.91 Å². The van der Waals surface area contributed by atoms with Crippen LogP contribution in [0.2, 0.25) is 0 Å². The maximum atomic E-state index is 14.3. The number of phenolic OH excluding ortho intramolecular Hbond substituents is 1. The molecule has 0 radical (unpaired) electrons. The minimum Gasteiger partial charge on any atom is -0.504 e. The van der Waals surface area contributed by atoms with E-state index in [0.29, 0.717) is 41.5 Å². The van der Waals surface area contributed by atoms with Gasteiger partial charge in [0.05, 0.1) is 7.11 Å². The Morgan fingerprint density at radius 3 is 2.39 bits per heavy atom. The van der Waals surface area contributed by atoms with Gasteiger partial charge in [-0.3, -0.25) is 14.5 Å². The number of anilines is 1. The van der Waals surface area contributed by atoms with Crippen LogP contribution in [0.4, 0.5) is 5.69 Å². The molecule has 0 bridgehead atoms. The Morgan fingerprint density at radius 2 is 1.68 bits per heavy atom. The number of hydrogen-bond donors (Lipinski definition) is 2. The lowest BCUT2D eigenvalue weighted by Crippen LogP contribution is -2.46. The number of nitrogens with zero attached hydrogens (tertiary/aromatic N) is 1. The first-order chi connectivity index (χ1) is 18.4. The van der Waals surface area contributed by atoms with Crippen LogP contribution in [0.5, 0.6) is 23.0 Å². The molecule has 8 nitrogen and oxygen atoms in total. The third-order valence-corrected chi connectivity index (χ3v) is 7.05. The van der Waals surface area contributed by atoms with Gasteiger partial charge >= 0.3 is 0 Å². The number of fused-ring (bicyclic) bond motifs is 1. The number of hydrogen-bond acceptors (Lipinski definition) is 6. The van der Waals surface area contributed by atoms with Crippen molar-refractivity contribution in [1.82, 2.24) is 5.32 Å². The van der Waals surface area contributed by atoms with E-state index in [2.05, 4.69) is 5.32 Å². The van der Waals surface area contributed by atoms with Crippen molar-refractivity contribution < 1.29 is 28.9 Å². The molecule has 2 aliphatic rings. The second-order valence-corrected chi connectivity index (χ2v) is 9.69. The van der Waals surface area contributed by atoms with E-state index < -0.39 is 6.04 Å². The maximum absolute atomic E-state index is 14.3. The third kappa shape index (κ3) is 5.25. The molecule has 198 valence electrons. The normalized spacial score (nSPS) is 15.5. The van der Waals surface area contributed by atoms with Gasteiger partial charge in [0.1, 0.15) is 19.3 Å². The highest BCUT2D eigenvalue weighted by atomic mass is 16.6. The van der Waals surface area contributed by atoms with Gasteiger partial charge in [-0.15, -0.1) is 0 Å². The molecule has 5 rings (SSSR count). The molecule has 1 saturated carbocycles. The zero-order valence-electron chi connectivity index (χ0n) is 21.6. The van der Waals surface area contributed by atoms with Crippen molar-refractivity contribution in [2.24, 2.45) is 0 Å². The van der Waals surface area contributed by atoms with Crippen molar-refractivity contribution in [2.75, 3.05) is 25.2 Å². The Balaban J connectivity index is 1.62. The van der Waals surface area contributed by atoms with Gasteiger partial charge in [0.2, 0.25) is 5.91 Å². The molecule has 1 aliphatic heterocycles. The minimum atomic E-state index is -1.02. The molecule has 2 amide bonds. The molecule has 3 aromatic rings. The SMILES string of the molecule is COc1cc(C(C(=O)NC2CCCC2)N(C(=O)c2ccc3c(c2)OCCO3)c2ccc(C)cc2)ccc1O. The van der Waals surface area contributed by atoms with Crippen molar-refractivity contribution >= 4 is 17.5 Å². The van der Waals surface area contributed by atoms with Crippen LogP contribution in [0, 0.1) is 6.92 Å². The van der Waals surface area contributed by atoms with Gasteiger partial charge in [-0.1, -0.05) is 36.6 Å². The highest BCUT2D eigenvalue weighted by Gasteiger charge is 2.36. The van der Waals surface area contributed by atoms with Crippen molar-refractivity contribution in [2.45, 2.75) is 44.7 Å². The smallest absolute Gasteiger partial charge is 0.259 e. The number of methoxy groups -OCH3 is 1. The van der Waals surface area contributed by atoms with E-state index in [4.69, 9.17) is 14.2 Å². The van der Waals surface area contributed by atoms with Crippen LogP contribution >= 0.6 is 0 Å². The van der Waals surface area contributed by atoms with Gasteiger partial charge in [-0.05, 0) is 67.8 Å². The van der Waals surface area contributed by atoms with Gasteiger partial charge < -0.3 is 24.6 Å². The number of aryl methyl sites for hydroxylation is 1. The summed E-state index contributed by atoms with van der Waals surface area (Å²) in [5.74, 6) is 0.571. The molecular formula is C30H32N2O6. The van der Waals surface area contributed by atoms with Crippen LogP contribution in [-0.2, 0) is 4.79 Å². The number of ether oxygens (including phenoxy) is 3. The number of carbonyl (C=O) groups is 2. The Labute approximate surface area is 222 Å².